The molecule has 0 unspecified atom stereocenters. The van der Waals surface area contributed by atoms with E-state index in [4.69, 9.17) is 0 Å². The summed E-state index contributed by atoms with van der Waals surface area (Å²) in [6.45, 7) is 7.62. The molecule has 6 heteroatoms. The lowest BCUT2D eigenvalue weighted by molar-refractivity contribution is -0.385. The molecule has 94 valence electrons. The number of carbonyl (C=O) groups is 1. The van der Waals surface area contributed by atoms with Gasteiger partial charge in [0, 0.05) is 25.4 Å². The van der Waals surface area contributed by atoms with Crippen molar-refractivity contribution in [2.75, 3.05) is 13.1 Å². The summed E-state index contributed by atoms with van der Waals surface area (Å²) in [5, 5.41) is 10.8. The Kier molecular flexibility index (Phi) is 4.74. The molecule has 6 nitrogen and oxygen atoms in total. The van der Waals surface area contributed by atoms with Gasteiger partial charge in [0.1, 0.15) is 0 Å². The van der Waals surface area contributed by atoms with Gasteiger partial charge in [-0.05, 0) is 6.07 Å². The quantitative estimate of drug-likeness (QED) is 0.436. The highest BCUT2D eigenvalue weighted by Gasteiger charge is 2.24. The van der Waals surface area contributed by atoms with Crippen LogP contribution < -0.4 is 0 Å². The summed E-state index contributed by atoms with van der Waals surface area (Å²) in [5.74, 6) is -0.512. The number of nitrogens with zero attached hydrogens (tertiary/aromatic N) is 3. The van der Waals surface area contributed by atoms with Gasteiger partial charge in [-0.3, -0.25) is 14.9 Å². The second-order valence-corrected chi connectivity index (χ2v) is 3.42. The van der Waals surface area contributed by atoms with Crippen LogP contribution in [0.2, 0.25) is 0 Å². The van der Waals surface area contributed by atoms with Gasteiger partial charge >= 0.3 is 5.69 Å². The molecule has 0 bridgehead atoms. The summed E-state index contributed by atoms with van der Waals surface area (Å²) in [5.41, 5.74) is -0.480. The largest absolute Gasteiger partial charge is 0.330 e. The third kappa shape index (κ3) is 3.00. The Bertz CT molecular complexity index is 475. The molecule has 0 N–H and O–H groups in total. The number of pyridine rings is 1. The Morgan fingerprint density at radius 1 is 1.44 bits per heavy atom. The van der Waals surface area contributed by atoms with Gasteiger partial charge < -0.3 is 4.90 Å². The van der Waals surface area contributed by atoms with Crippen LogP contribution in [0.4, 0.5) is 5.69 Å². The summed E-state index contributed by atoms with van der Waals surface area (Å²) in [6, 6.07) is 2.67. The number of rotatable bonds is 6. The highest BCUT2D eigenvalue weighted by atomic mass is 16.6. The minimum atomic E-state index is -0.625. The third-order valence-electron chi connectivity index (χ3n) is 2.17. The number of amides is 1. The Morgan fingerprint density at radius 2 is 2.06 bits per heavy atom. The lowest BCUT2D eigenvalue weighted by atomic mass is 10.2. The summed E-state index contributed by atoms with van der Waals surface area (Å²) in [4.78, 5) is 27.5. The monoisotopic (exact) mass is 247 g/mol. The van der Waals surface area contributed by atoms with Crippen molar-refractivity contribution >= 4 is 11.6 Å². The molecule has 1 amide bonds. The molecular weight excluding hydrogens is 234 g/mol. The first-order valence-corrected chi connectivity index (χ1v) is 5.22. The van der Waals surface area contributed by atoms with E-state index >= 15 is 0 Å². The Labute approximate surface area is 104 Å². The molecule has 0 aliphatic rings. The molecule has 1 rings (SSSR count). The van der Waals surface area contributed by atoms with Crippen molar-refractivity contribution in [3.05, 3.63) is 59.4 Å². The van der Waals surface area contributed by atoms with E-state index in [0.29, 0.717) is 0 Å². The van der Waals surface area contributed by atoms with Crippen LogP contribution in [0.25, 0.3) is 0 Å². The maximum atomic E-state index is 12.1. The standard InChI is InChI=1S/C12H13N3O3/c1-3-8-14(9-4-2)12(16)11-10(15(17)18)6-5-7-13-11/h3-7H,1-2,8-9H2. The minimum absolute atomic E-state index is 0.175. The molecule has 1 aromatic heterocycles. The Hall–Kier alpha value is -2.50. The molecule has 0 atom stereocenters. The molecule has 1 aromatic rings. The van der Waals surface area contributed by atoms with Crippen molar-refractivity contribution in [1.82, 2.24) is 9.88 Å². The molecule has 0 saturated carbocycles. The lowest BCUT2D eigenvalue weighted by Crippen LogP contribution is -2.32. The van der Waals surface area contributed by atoms with Crippen molar-refractivity contribution in [3.63, 3.8) is 0 Å². The SMILES string of the molecule is C=CCN(CC=C)C(=O)c1ncccc1[N+](=O)[O-]. The first kappa shape index (κ1) is 13.6. The molecule has 0 fully saturated rings. The zero-order valence-electron chi connectivity index (χ0n) is 9.78. The zero-order chi connectivity index (χ0) is 13.5. The molecule has 0 spiro atoms. The molecule has 0 aliphatic carbocycles. The van der Waals surface area contributed by atoms with Crippen LogP contribution in [0.5, 0.6) is 0 Å². The second-order valence-electron chi connectivity index (χ2n) is 3.42. The van der Waals surface area contributed by atoms with E-state index in [-0.39, 0.29) is 24.5 Å². The van der Waals surface area contributed by atoms with Gasteiger partial charge in [0.25, 0.3) is 5.91 Å². The normalized spacial score (nSPS) is 9.56. The van der Waals surface area contributed by atoms with E-state index in [1.165, 1.54) is 35.4 Å². The van der Waals surface area contributed by atoms with E-state index in [2.05, 4.69) is 18.1 Å². The van der Waals surface area contributed by atoms with E-state index in [1.807, 2.05) is 0 Å². The molecule has 0 aliphatic heterocycles. The van der Waals surface area contributed by atoms with Gasteiger partial charge in [0.2, 0.25) is 5.69 Å². The fraction of sp³-hybridized carbons (Fsp3) is 0.167. The van der Waals surface area contributed by atoms with Crippen molar-refractivity contribution in [2.24, 2.45) is 0 Å². The smallest absolute Gasteiger partial charge is 0.300 e. The minimum Gasteiger partial charge on any atom is -0.330 e. The van der Waals surface area contributed by atoms with Gasteiger partial charge in [0.05, 0.1) is 4.92 Å². The molecule has 18 heavy (non-hydrogen) atoms. The number of aromatic nitrogens is 1. The van der Waals surface area contributed by atoms with E-state index in [1.54, 1.807) is 0 Å². The van der Waals surface area contributed by atoms with Crippen LogP contribution in [0.3, 0.4) is 0 Å². The Balaban J connectivity index is 3.11. The van der Waals surface area contributed by atoms with Gasteiger partial charge in [-0.15, -0.1) is 13.2 Å². The first-order chi connectivity index (χ1) is 8.61. The van der Waals surface area contributed by atoms with Gasteiger partial charge in [-0.25, -0.2) is 4.98 Å². The maximum absolute atomic E-state index is 12.1. The molecule has 0 saturated heterocycles. The summed E-state index contributed by atoms with van der Waals surface area (Å²) < 4.78 is 0. The summed E-state index contributed by atoms with van der Waals surface area (Å²) in [6.07, 6.45) is 4.42. The van der Waals surface area contributed by atoms with Crippen molar-refractivity contribution in [2.45, 2.75) is 0 Å². The Morgan fingerprint density at radius 3 is 2.56 bits per heavy atom. The van der Waals surface area contributed by atoms with Crippen molar-refractivity contribution in [3.8, 4) is 0 Å². The zero-order valence-corrected chi connectivity index (χ0v) is 9.78. The van der Waals surface area contributed by atoms with Gasteiger partial charge in [-0.2, -0.15) is 0 Å². The lowest BCUT2D eigenvalue weighted by Gasteiger charge is -2.18. The van der Waals surface area contributed by atoms with Crippen LogP contribution in [0.15, 0.2) is 43.6 Å². The molecular formula is C12H13N3O3. The van der Waals surface area contributed by atoms with Crippen LogP contribution in [-0.2, 0) is 0 Å². The van der Waals surface area contributed by atoms with Crippen LogP contribution in [-0.4, -0.2) is 33.8 Å². The number of hydrogen-bond donors (Lipinski definition) is 0. The van der Waals surface area contributed by atoms with E-state index in [0.717, 1.165) is 0 Å². The summed E-state index contributed by atoms with van der Waals surface area (Å²) >= 11 is 0. The average molecular weight is 247 g/mol. The van der Waals surface area contributed by atoms with Crippen LogP contribution in [0.1, 0.15) is 10.5 Å². The topological polar surface area (TPSA) is 76.3 Å². The second kappa shape index (κ2) is 6.29. The van der Waals surface area contributed by atoms with E-state index < -0.39 is 10.8 Å². The van der Waals surface area contributed by atoms with Crippen LogP contribution in [0, 0.1) is 10.1 Å². The van der Waals surface area contributed by atoms with Crippen molar-refractivity contribution in [1.29, 1.82) is 0 Å². The van der Waals surface area contributed by atoms with Gasteiger partial charge in [0.15, 0.2) is 0 Å². The predicted octanol–water partition coefficient (Wildman–Crippen LogP) is 1.80. The summed E-state index contributed by atoms with van der Waals surface area (Å²) in [7, 11) is 0. The van der Waals surface area contributed by atoms with Crippen molar-refractivity contribution < 1.29 is 9.72 Å². The first-order valence-electron chi connectivity index (χ1n) is 5.22. The molecule has 1 heterocycles. The van der Waals surface area contributed by atoms with Gasteiger partial charge in [-0.1, -0.05) is 12.2 Å². The highest BCUT2D eigenvalue weighted by molar-refractivity contribution is 5.96. The van der Waals surface area contributed by atoms with Crippen LogP contribution >= 0.6 is 0 Å². The third-order valence-corrected chi connectivity index (χ3v) is 2.17. The average Bonchev–Trinajstić information content (AvgIpc) is 2.37. The maximum Gasteiger partial charge on any atom is 0.300 e. The number of nitro groups is 1. The highest BCUT2D eigenvalue weighted by Crippen LogP contribution is 2.17. The number of hydrogen-bond acceptors (Lipinski definition) is 4. The fourth-order valence-electron chi connectivity index (χ4n) is 1.41. The predicted molar refractivity (Wildman–Crippen MR) is 67.2 cm³/mol. The van der Waals surface area contributed by atoms with E-state index in [9.17, 15) is 14.9 Å². The molecule has 0 radical (unpaired) electrons. The fourth-order valence-corrected chi connectivity index (χ4v) is 1.41. The molecule has 0 aromatic carbocycles. The number of carbonyl (C=O) groups excluding carboxylic acids is 1.